The van der Waals surface area contributed by atoms with Gasteiger partial charge in [0.05, 0.1) is 12.1 Å². The number of nitrogens with one attached hydrogen (secondary N) is 2. The van der Waals surface area contributed by atoms with Crippen LogP contribution in [0.1, 0.15) is 6.92 Å². The zero-order valence-electron chi connectivity index (χ0n) is 12.1. The first-order chi connectivity index (χ1) is 10.3. The Morgan fingerprint density at radius 2 is 2.05 bits per heavy atom. The minimum absolute atomic E-state index is 0.202. The van der Waals surface area contributed by atoms with Gasteiger partial charge in [-0.3, -0.25) is 4.68 Å². The molecule has 1 atom stereocenters. The highest BCUT2D eigenvalue weighted by atomic mass is 15.3. The fourth-order valence-corrected chi connectivity index (χ4v) is 2.27. The number of rotatable bonds is 5. The lowest BCUT2D eigenvalue weighted by molar-refractivity contribution is 0.560. The Hall–Kier alpha value is -2.63. The molecule has 2 N–H and O–H groups in total. The monoisotopic (exact) mass is 282 g/mol. The van der Waals surface area contributed by atoms with Gasteiger partial charge in [-0.2, -0.15) is 10.1 Å². The number of hydrogen-bond acceptors (Lipinski definition) is 5. The summed E-state index contributed by atoms with van der Waals surface area (Å²) in [5.41, 5.74) is 0.922. The van der Waals surface area contributed by atoms with E-state index in [9.17, 15) is 0 Å². The molecule has 0 bridgehead atoms. The molecule has 2 heterocycles. The van der Waals surface area contributed by atoms with Crippen LogP contribution in [0.25, 0.3) is 10.9 Å². The lowest BCUT2D eigenvalue weighted by Crippen LogP contribution is -2.23. The molecule has 0 saturated heterocycles. The van der Waals surface area contributed by atoms with Gasteiger partial charge in [0, 0.05) is 30.9 Å². The minimum Gasteiger partial charge on any atom is -0.365 e. The average molecular weight is 282 g/mol. The highest BCUT2D eigenvalue weighted by Crippen LogP contribution is 2.22. The van der Waals surface area contributed by atoms with E-state index < -0.39 is 0 Å². The summed E-state index contributed by atoms with van der Waals surface area (Å²) in [5, 5.41) is 11.7. The summed E-state index contributed by atoms with van der Waals surface area (Å²) in [6.45, 7) is 2.89. The Kier molecular flexibility index (Phi) is 3.68. The first kappa shape index (κ1) is 13.4. The normalized spacial score (nSPS) is 12.3. The van der Waals surface area contributed by atoms with E-state index in [1.165, 1.54) is 0 Å². The molecule has 0 aliphatic rings. The topological polar surface area (TPSA) is 67.7 Å². The van der Waals surface area contributed by atoms with Gasteiger partial charge >= 0.3 is 0 Å². The largest absolute Gasteiger partial charge is 0.365 e. The van der Waals surface area contributed by atoms with Crippen LogP contribution in [0, 0.1) is 0 Å². The lowest BCUT2D eigenvalue weighted by atomic mass is 10.2. The van der Waals surface area contributed by atoms with Crippen LogP contribution >= 0.6 is 0 Å². The van der Waals surface area contributed by atoms with Gasteiger partial charge in [0.2, 0.25) is 5.95 Å². The Balaban J connectivity index is 1.88. The molecule has 0 aliphatic heterocycles. The van der Waals surface area contributed by atoms with Gasteiger partial charge in [0.25, 0.3) is 0 Å². The van der Waals surface area contributed by atoms with E-state index in [0.717, 1.165) is 23.3 Å². The molecule has 1 aromatic carbocycles. The fraction of sp³-hybridized carbons (Fsp3) is 0.267. The molecule has 0 spiro atoms. The van der Waals surface area contributed by atoms with Crippen molar-refractivity contribution in [3.8, 4) is 0 Å². The van der Waals surface area contributed by atoms with Gasteiger partial charge in [-0.05, 0) is 25.1 Å². The molecule has 1 unspecified atom stereocenters. The predicted octanol–water partition coefficient (Wildman–Crippen LogP) is 2.37. The molecule has 0 aliphatic carbocycles. The summed E-state index contributed by atoms with van der Waals surface area (Å²) in [6, 6.07) is 10.1. The highest BCUT2D eigenvalue weighted by Gasteiger charge is 2.10. The SMILES string of the molecule is CNc1nc(NC(C)Cn2cccn2)c2ccccc2n1. The quantitative estimate of drug-likeness (QED) is 0.752. The first-order valence-electron chi connectivity index (χ1n) is 6.95. The number of para-hydroxylation sites is 1. The molecule has 6 heteroatoms. The van der Waals surface area contributed by atoms with Crippen LogP contribution in [0.4, 0.5) is 11.8 Å². The smallest absolute Gasteiger partial charge is 0.224 e. The summed E-state index contributed by atoms with van der Waals surface area (Å²) < 4.78 is 1.90. The maximum Gasteiger partial charge on any atom is 0.224 e. The van der Waals surface area contributed by atoms with Crippen molar-refractivity contribution >= 4 is 22.7 Å². The van der Waals surface area contributed by atoms with E-state index >= 15 is 0 Å². The third-order valence-electron chi connectivity index (χ3n) is 3.23. The van der Waals surface area contributed by atoms with Crippen molar-refractivity contribution in [3.63, 3.8) is 0 Å². The lowest BCUT2D eigenvalue weighted by Gasteiger charge is -2.16. The summed E-state index contributed by atoms with van der Waals surface area (Å²) in [5.74, 6) is 1.45. The molecular weight excluding hydrogens is 264 g/mol. The molecule has 108 valence electrons. The zero-order chi connectivity index (χ0) is 14.7. The standard InChI is InChI=1S/C15H18N6/c1-11(10-21-9-5-8-17-21)18-14-12-6-3-4-7-13(12)19-15(16-2)20-14/h3-9,11H,10H2,1-2H3,(H2,16,18,19,20). The van der Waals surface area contributed by atoms with Crippen molar-refractivity contribution in [2.24, 2.45) is 0 Å². The van der Waals surface area contributed by atoms with Crippen molar-refractivity contribution in [3.05, 3.63) is 42.7 Å². The van der Waals surface area contributed by atoms with Crippen molar-refractivity contribution in [1.29, 1.82) is 0 Å². The Bertz CT molecular complexity index is 722. The predicted molar refractivity (Wildman–Crippen MR) is 84.4 cm³/mol. The summed E-state index contributed by atoms with van der Waals surface area (Å²) in [4.78, 5) is 8.98. The number of nitrogens with zero attached hydrogens (tertiary/aromatic N) is 4. The fourth-order valence-electron chi connectivity index (χ4n) is 2.27. The van der Waals surface area contributed by atoms with Crippen LogP contribution in [0.15, 0.2) is 42.7 Å². The molecule has 3 rings (SSSR count). The van der Waals surface area contributed by atoms with Crippen molar-refractivity contribution in [1.82, 2.24) is 19.7 Å². The summed E-state index contributed by atoms with van der Waals surface area (Å²) in [6.07, 6.45) is 3.74. The molecule has 6 nitrogen and oxygen atoms in total. The molecule has 0 amide bonds. The molecular formula is C15H18N6. The molecule has 0 radical (unpaired) electrons. The van der Waals surface area contributed by atoms with Crippen LogP contribution < -0.4 is 10.6 Å². The van der Waals surface area contributed by atoms with Gasteiger partial charge in [0.1, 0.15) is 5.82 Å². The van der Waals surface area contributed by atoms with Gasteiger partial charge in [-0.1, -0.05) is 12.1 Å². The molecule has 3 aromatic rings. The van der Waals surface area contributed by atoms with Crippen LogP contribution in [0.5, 0.6) is 0 Å². The molecule has 21 heavy (non-hydrogen) atoms. The van der Waals surface area contributed by atoms with Gasteiger partial charge < -0.3 is 10.6 Å². The maximum atomic E-state index is 4.53. The second kappa shape index (κ2) is 5.78. The Morgan fingerprint density at radius 3 is 2.81 bits per heavy atom. The number of aromatic nitrogens is 4. The highest BCUT2D eigenvalue weighted by molar-refractivity contribution is 5.90. The maximum absolute atomic E-state index is 4.53. The van der Waals surface area contributed by atoms with Crippen LogP contribution in [0.2, 0.25) is 0 Å². The van der Waals surface area contributed by atoms with E-state index in [4.69, 9.17) is 0 Å². The molecule has 0 fully saturated rings. The van der Waals surface area contributed by atoms with Crippen LogP contribution in [0.3, 0.4) is 0 Å². The molecule has 0 saturated carbocycles. The minimum atomic E-state index is 0.202. The first-order valence-corrected chi connectivity index (χ1v) is 6.95. The van der Waals surface area contributed by atoms with Gasteiger partial charge in [-0.25, -0.2) is 4.98 Å². The zero-order valence-corrected chi connectivity index (χ0v) is 12.1. The van der Waals surface area contributed by atoms with Gasteiger partial charge in [0.15, 0.2) is 0 Å². The average Bonchev–Trinajstić information content (AvgIpc) is 2.99. The van der Waals surface area contributed by atoms with Crippen molar-refractivity contribution < 1.29 is 0 Å². The summed E-state index contributed by atoms with van der Waals surface area (Å²) >= 11 is 0. The van der Waals surface area contributed by atoms with Gasteiger partial charge in [-0.15, -0.1) is 0 Å². The number of hydrogen-bond donors (Lipinski definition) is 2. The van der Waals surface area contributed by atoms with E-state index in [-0.39, 0.29) is 6.04 Å². The third-order valence-corrected chi connectivity index (χ3v) is 3.23. The van der Waals surface area contributed by atoms with Crippen LogP contribution in [-0.4, -0.2) is 32.8 Å². The number of benzene rings is 1. The van der Waals surface area contributed by atoms with Crippen molar-refractivity contribution in [2.75, 3.05) is 17.7 Å². The second-order valence-corrected chi connectivity index (χ2v) is 4.94. The third kappa shape index (κ3) is 2.94. The van der Waals surface area contributed by atoms with Crippen molar-refractivity contribution in [2.45, 2.75) is 19.5 Å². The summed E-state index contributed by atoms with van der Waals surface area (Å²) in [7, 11) is 1.82. The van der Waals surface area contributed by atoms with E-state index in [1.54, 1.807) is 6.20 Å². The molecule has 2 aromatic heterocycles. The van der Waals surface area contributed by atoms with Crippen LogP contribution in [-0.2, 0) is 6.54 Å². The Labute approximate surface area is 123 Å². The van der Waals surface area contributed by atoms with E-state index in [0.29, 0.717) is 5.95 Å². The second-order valence-electron chi connectivity index (χ2n) is 4.94. The number of anilines is 2. The van der Waals surface area contributed by atoms with E-state index in [1.807, 2.05) is 48.3 Å². The van der Waals surface area contributed by atoms with E-state index in [2.05, 4.69) is 32.6 Å². The number of fused-ring (bicyclic) bond motifs is 1. The Morgan fingerprint density at radius 1 is 1.19 bits per heavy atom.